The van der Waals surface area contributed by atoms with Crippen LogP contribution in [0.5, 0.6) is 0 Å². The van der Waals surface area contributed by atoms with Crippen LogP contribution in [0.25, 0.3) is 0 Å². The molecule has 6 heteroatoms. The minimum absolute atomic E-state index is 0.0565. The zero-order valence-electron chi connectivity index (χ0n) is 7.23. The van der Waals surface area contributed by atoms with Crippen molar-refractivity contribution in [3.63, 3.8) is 0 Å². The Morgan fingerprint density at radius 3 is 2.33 bits per heavy atom. The van der Waals surface area contributed by atoms with Gasteiger partial charge in [-0.2, -0.15) is 0 Å². The van der Waals surface area contributed by atoms with Crippen LogP contribution in [0.3, 0.4) is 0 Å². The Morgan fingerprint density at radius 1 is 1.50 bits per heavy atom. The van der Waals surface area contributed by atoms with E-state index in [1.54, 1.807) is 0 Å². The first-order valence-corrected chi connectivity index (χ1v) is 5.31. The summed E-state index contributed by atoms with van der Waals surface area (Å²) in [6.45, 7) is 2.77. The second-order valence-electron chi connectivity index (χ2n) is 2.68. The van der Waals surface area contributed by atoms with Crippen molar-refractivity contribution in [2.24, 2.45) is 0 Å². The van der Waals surface area contributed by atoms with E-state index >= 15 is 0 Å². The Kier molecular flexibility index (Phi) is 4.37. The van der Waals surface area contributed by atoms with Gasteiger partial charge in [-0.15, -0.1) is 0 Å². The van der Waals surface area contributed by atoms with Gasteiger partial charge in [0.2, 0.25) is 0 Å². The van der Waals surface area contributed by atoms with Crippen LogP contribution in [0.15, 0.2) is 0 Å². The second-order valence-corrected chi connectivity index (χ2v) is 4.82. The van der Waals surface area contributed by atoms with Crippen LogP contribution in [-0.4, -0.2) is 27.2 Å². The van der Waals surface area contributed by atoms with Crippen molar-refractivity contribution in [1.82, 2.24) is 0 Å². The molecule has 0 saturated heterocycles. The normalized spacial score (nSPS) is 17.4. The molecule has 0 aliphatic rings. The SMILES string of the molecule is CCCCOP(=O)(O)C(C)(O)O. The van der Waals surface area contributed by atoms with Gasteiger partial charge in [0.15, 0.2) is 0 Å². The molecular formula is C6H15O5P. The molecule has 0 spiro atoms. The summed E-state index contributed by atoms with van der Waals surface area (Å²) in [7, 11) is -4.29. The maximum atomic E-state index is 10.9. The van der Waals surface area contributed by atoms with Crippen LogP contribution in [-0.2, 0) is 9.09 Å². The fourth-order valence-corrected chi connectivity index (χ4v) is 1.08. The Balaban J connectivity index is 3.98. The molecule has 0 amide bonds. The third-order valence-electron chi connectivity index (χ3n) is 1.30. The van der Waals surface area contributed by atoms with E-state index < -0.39 is 13.1 Å². The molecule has 12 heavy (non-hydrogen) atoms. The van der Waals surface area contributed by atoms with E-state index in [0.717, 1.165) is 13.3 Å². The highest BCUT2D eigenvalue weighted by Crippen LogP contribution is 2.52. The minimum atomic E-state index is -4.29. The number of unbranched alkanes of at least 4 members (excludes halogenated alkanes) is 1. The van der Waals surface area contributed by atoms with Gasteiger partial charge < -0.3 is 19.6 Å². The van der Waals surface area contributed by atoms with Gasteiger partial charge in [-0.3, -0.25) is 4.57 Å². The fourth-order valence-electron chi connectivity index (χ4n) is 0.455. The van der Waals surface area contributed by atoms with E-state index in [9.17, 15) is 4.57 Å². The average molecular weight is 198 g/mol. The van der Waals surface area contributed by atoms with E-state index in [-0.39, 0.29) is 6.61 Å². The molecule has 3 N–H and O–H groups in total. The summed E-state index contributed by atoms with van der Waals surface area (Å²) in [5.41, 5.74) is -2.67. The summed E-state index contributed by atoms with van der Waals surface area (Å²) in [5, 5.41) is 17.5. The van der Waals surface area contributed by atoms with Crippen molar-refractivity contribution in [2.75, 3.05) is 6.61 Å². The lowest BCUT2D eigenvalue weighted by molar-refractivity contribution is -0.0908. The summed E-state index contributed by atoms with van der Waals surface area (Å²) >= 11 is 0. The molecule has 0 aromatic rings. The van der Waals surface area contributed by atoms with Gasteiger partial charge in [-0.05, 0) is 6.42 Å². The molecule has 1 unspecified atom stereocenters. The first-order valence-electron chi connectivity index (χ1n) is 3.73. The van der Waals surface area contributed by atoms with Crippen LogP contribution in [0, 0.1) is 0 Å². The molecule has 0 fully saturated rings. The predicted octanol–water partition coefficient (Wildman–Crippen LogP) is 0.647. The molecule has 0 rings (SSSR count). The summed E-state index contributed by atoms with van der Waals surface area (Å²) in [6, 6.07) is 0. The maximum Gasteiger partial charge on any atom is 0.386 e. The van der Waals surface area contributed by atoms with Gasteiger partial charge >= 0.3 is 7.60 Å². The summed E-state index contributed by atoms with van der Waals surface area (Å²) in [5.74, 6) is 0. The van der Waals surface area contributed by atoms with E-state index in [0.29, 0.717) is 6.42 Å². The van der Waals surface area contributed by atoms with E-state index in [2.05, 4.69) is 4.52 Å². The van der Waals surface area contributed by atoms with Crippen LogP contribution in [0.4, 0.5) is 0 Å². The summed E-state index contributed by atoms with van der Waals surface area (Å²) in [4.78, 5) is 8.91. The van der Waals surface area contributed by atoms with Crippen molar-refractivity contribution in [3.8, 4) is 0 Å². The number of hydrogen-bond acceptors (Lipinski definition) is 4. The van der Waals surface area contributed by atoms with Crippen molar-refractivity contribution in [2.45, 2.75) is 32.2 Å². The molecule has 0 aromatic heterocycles. The molecule has 0 heterocycles. The van der Waals surface area contributed by atoms with Crippen LogP contribution in [0.2, 0.25) is 0 Å². The standard InChI is InChI=1S/C6H15O5P/c1-3-4-5-11-12(9,10)6(2,7)8/h7-8H,3-5H2,1-2H3,(H,9,10). The topological polar surface area (TPSA) is 87.0 Å². The monoisotopic (exact) mass is 198 g/mol. The molecule has 74 valence electrons. The lowest BCUT2D eigenvalue weighted by atomic mass is 10.4. The van der Waals surface area contributed by atoms with Crippen LogP contribution >= 0.6 is 7.60 Å². The second kappa shape index (κ2) is 4.35. The first kappa shape index (κ1) is 12.1. The zero-order valence-corrected chi connectivity index (χ0v) is 8.12. The smallest absolute Gasteiger partial charge is 0.356 e. The molecule has 0 aromatic carbocycles. The van der Waals surface area contributed by atoms with Gasteiger partial charge in [0.05, 0.1) is 6.61 Å². The minimum Gasteiger partial charge on any atom is -0.356 e. The molecule has 0 aliphatic carbocycles. The largest absolute Gasteiger partial charge is 0.386 e. The molecule has 0 radical (unpaired) electrons. The van der Waals surface area contributed by atoms with Crippen molar-refractivity contribution >= 4 is 7.60 Å². The Hall–Kier alpha value is 0.0700. The highest BCUT2D eigenvalue weighted by molar-refractivity contribution is 7.54. The molecule has 1 atom stereocenters. The Labute approximate surface area is 71.5 Å². The van der Waals surface area contributed by atoms with Crippen LogP contribution < -0.4 is 0 Å². The fraction of sp³-hybridized carbons (Fsp3) is 1.00. The van der Waals surface area contributed by atoms with Crippen molar-refractivity contribution in [3.05, 3.63) is 0 Å². The maximum absolute atomic E-state index is 10.9. The third-order valence-corrected chi connectivity index (χ3v) is 2.90. The van der Waals surface area contributed by atoms with Gasteiger partial charge in [0.25, 0.3) is 5.53 Å². The van der Waals surface area contributed by atoms with Gasteiger partial charge in [0.1, 0.15) is 0 Å². The quantitative estimate of drug-likeness (QED) is 0.343. The van der Waals surface area contributed by atoms with Gasteiger partial charge in [0, 0.05) is 6.92 Å². The van der Waals surface area contributed by atoms with Gasteiger partial charge in [-0.25, -0.2) is 0 Å². The van der Waals surface area contributed by atoms with Crippen molar-refractivity contribution < 1.29 is 24.2 Å². The van der Waals surface area contributed by atoms with Gasteiger partial charge in [-0.1, -0.05) is 13.3 Å². The highest BCUT2D eigenvalue weighted by Gasteiger charge is 2.41. The van der Waals surface area contributed by atoms with E-state index in [1.807, 2.05) is 6.92 Å². The lowest BCUT2D eigenvalue weighted by Crippen LogP contribution is -2.24. The molecular weight excluding hydrogens is 183 g/mol. The number of aliphatic hydroxyl groups is 2. The summed E-state index contributed by atoms with van der Waals surface area (Å²) < 4.78 is 15.4. The zero-order chi connectivity index (χ0) is 9.83. The lowest BCUT2D eigenvalue weighted by Gasteiger charge is -2.21. The van der Waals surface area contributed by atoms with E-state index in [1.165, 1.54) is 0 Å². The molecule has 0 aliphatic heterocycles. The average Bonchev–Trinajstić information content (AvgIpc) is 1.85. The van der Waals surface area contributed by atoms with E-state index in [4.69, 9.17) is 15.1 Å². The molecule has 0 bridgehead atoms. The first-order chi connectivity index (χ1) is 5.31. The number of hydrogen-bond donors (Lipinski definition) is 3. The highest BCUT2D eigenvalue weighted by atomic mass is 31.2. The molecule has 5 nitrogen and oxygen atoms in total. The Morgan fingerprint density at radius 2 is 2.00 bits per heavy atom. The van der Waals surface area contributed by atoms with Crippen molar-refractivity contribution in [1.29, 1.82) is 0 Å². The van der Waals surface area contributed by atoms with Crippen LogP contribution in [0.1, 0.15) is 26.7 Å². The third kappa shape index (κ3) is 3.65. The predicted molar refractivity (Wildman–Crippen MR) is 43.5 cm³/mol. The number of rotatable bonds is 5. The summed E-state index contributed by atoms with van der Waals surface area (Å²) in [6.07, 6.45) is 1.42. The Bertz CT molecular complexity index is 173. The molecule has 0 saturated carbocycles.